The number of piperidine rings is 1. The molecule has 3 aromatic heterocycles. The second kappa shape index (κ2) is 10.8. The van der Waals surface area contributed by atoms with Gasteiger partial charge in [-0.25, -0.2) is 9.67 Å². The number of thiazole rings is 1. The summed E-state index contributed by atoms with van der Waals surface area (Å²) in [6.45, 7) is 5.64. The Bertz CT molecular complexity index is 1580. The molecule has 7 rings (SSSR count). The fourth-order valence-electron chi connectivity index (χ4n) is 6.22. The largest absolute Gasteiger partial charge is 0.342 e. The Kier molecular flexibility index (Phi) is 6.88. The highest BCUT2D eigenvalue weighted by molar-refractivity contribution is 7.19. The number of hydrogen-bond donors (Lipinski definition) is 1. The lowest BCUT2D eigenvalue weighted by Crippen LogP contribution is -2.51. The third-order valence-corrected chi connectivity index (χ3v) is 9.51. The number of likely N-dealkylation sites (tertiary alicyclic amines) is 2. The fraction of sp³-hybridized carbons (Fsp3) is 0.387. The number of benzene rings is 1. The molecular weight excluding hydrogens is 534 g/mol. The molecule has 210 valence electrons. The highest BCUT2D eigenvalue weighted by Crippen LogP contribution is 2.44. The first-order chi connectivity index (χ1) is 20.0. The first-order valence-electron chi connectivity index (χ1n) is 14.4. The number of amides is 2. The van der Waals surface area contributed by atoms with E-state index in [2.05, 4.69) is 15.2 Å². The van der Waals surface area contributed by atoms with E-state index in [1.165, 1.54) is 37.8 Å². The van der Waals surface area contributed by atoms with Gasteiger partial charge in [0.15, 0.2) is 5.13 Å². The molecule has 10 heteroatoms. The standard InChI is InChI=1S/C31H33N7O2S/c1-20(39)33-31-34-26-10-9-25-28(22-4-2-13-32-19-22)35-38(29(25)30(26)41-31)24-7-5-21(6-8-24)18-27(40)37-16-11-23(12-17-37)36-14-3-15-36/h2,4-8,13,19,23H,3,9-12,14-18H2,1H3,(H,33,34,39). The Morgan fingerprint density at radius 3 is 2.54 bits per heavy atom. The number of nitrogens with one attached hydrogen (secondary N) is 1. The minimum absolute atomic E-state index is 0.133. The number of rotatable bonds is 6. The van der Waals surface area contributed by atoms with E-state index in [0.717, 1.165) is 83.1 Å². The van der Waals surface area contributed by atoms with Gasteiger partial charge in [0, 0.05) is 49.6 Å². The van der Waals surface area contributed by atoms with E-state index in [0.29, 0.717) is 17.6 Å². The van der Waals surface area contributed by atoms with Crippen molar-refractivity contribution in [3.8, 4) is 27.5 Å². The number of carbonyl (C=O) groups excluding carboxylic acids is 2. The van der Waals surface area contributed by atoms with Gasteiger partial charge in [-0.15, -0.1) is 0 Å². The van der Waals surface area contributed by atoms with E-state index in [1.807, 2.05) is 52.2 Å². The van der Waals surface area contributed by atoms with E-state index >= 15 is 0 Å². The summed E-state index contributed by atoms with van der Waals surface area (Å²) < 4.78 is 1.98. The molecule has 0 saturated carbocycles. The maximum Gasteiger partial charge on any atom is 0.226 e. The van der Waals surface area contributed by atoms with Crippen LogP contribution in [0.15, 0.2) is 48.8 Å². The van der Waals surface area contributed by atoms with E-state index in [-0.39, 0.29) is 11.8 Å². The van der Waals surface area contributed by atoms with E-state index in [1.54, 1.807) is 6.20 Å². The molecule has 0 radical (unpaired) electrons. The number of nitrogens with zero attached hydrogens (tertiary/aromatic N) is 6. The zero-order chi connectivity index (χ0) is 27.9. The summed E-state index contributed by atoms with van der Waals surface area (Å²) in [5, 5.41) is 8.54. The molecule has 2 fully saturated rings. The Hall–Kier alpha value is -3.89. The molecule has 9 nitrogen and oxygen atoms in total. The third kappa shape index (κ3) is 5.06. The van der Waals surface area contributed by atoms with Crippen LogP contribution in [0.4, 0.5) is 5.13 Å². The molecule has 1 aromatic carbocycles. The number of aromatic nitrogens is 4. The van der Waals surface area contributed by atoms with Crippen molar-refractivity contribution in [1.82, 2.24) is 29.5 Å². The van der Waals surface area contributed by atoms with Crippen molar-refractivity contribution in [3.63, 3.8) is 0 Å². The summed E-state index contributed by atoms with van der Waals surface area (Å²) in [6, 6.07) is 12.8. The summed E-state index contributed by atoms with van der Waals surface area (Å²) >= 11 is 1.49. The molecule has 0 atom stereocenters. The minimum atomic E-state index is -0.133. The van der Waals surface area contributed by atoms with Crippen molar-refractivity contribution in [2.75, 3.05) is 31.5 Å². The molecule has 3 aliphatic rings. The lowest BCUT2D eigenvalue weighted by atomic mass is 9.95. The molecule has 41 heavy (non-hydrogen) atoms. The number of fused-ring (bicyclic) bond motifs is 3. The first-order valence-corrected chi connectivity index (χ1v) is 15.3. The SMILES string of the molecule is CC(=O)Nc1nc2c(s1)-c1c(c(-c3cccnc3)nn1-c1ccc(CC(=O)N3CCC(N4CCC4)CC3)cc1)CC2. The van der Waals surface area contributed by atoms with Crippen LogP contribution >= 0.6 is 11.3 Å². The van der Waals surface area contributed by atoms with Gasteiger partial charge in [0.25, 0.3) is 0 Å². The van der Waals surface area contributed by atoms with Crippen LogP contribution in [0.5, 0.6) is 0 Å². The normalized spacial score (nSPS) is 17.0. The molecule has 2 saturated heterocycles. The van der Waals surface area contributed by atoms with Crippen LogP contribution in [0.1, 0.15) is 43.0 Å². The monoisotopic (exact) mass is 567 g/mol. The highest BCUT2D eigenvalue weighted by atomic mass is 32.1. The van der Waals surface area contributed by atoms with Crippen molar-refractivity contribution >= 4 is 28.3 Å². The summed E-state index contributed by atoms with van der Waals surface area (Å²) in [4.78, 5) is 39.5. The van der Waals surface area contributed by atoms with Gasteiger partial charge in [0.1, 0.15) is 0 Å². The Morgan fingerprint density at radius 1 is 1.05 bits per heavy atom. The first kappa shape index (κ1) is 26.0. The van der Waals surface area contributed by atoms with Crippen LogP contribution < -0.4 is 5.32 Å². The third-order valence-electron chi connectivity index (χ3n) is 8.49. The van der Waals surface area contributed by atoms with Crippen LogP contribution in [0.25, 0.3) is 27.5 Å². The number of anilines is 1. The molecule has 0 bridgehead atoms. The molecule has 0 unspecified atom stereocenters. The van der Waals surface area contributed by atoms with Crippen LogP contribution in [-0.2, 0) is 28.9 Å². The van der Waals surface area contributed by atoms with Crippen LogP contribution in [0.3, 0.4) is 0 Å². The summed E-state index contributed by atoms with van der Waals surface area (Å²) in [5.41, 5.74) is 6.95. The summed E-state index contributed by atoms with van der Waals surface area (Å²) in [5.74, 6) is 0.0708. The van der Waals surface area contributed by atoms with Gasteiger partial charge in [0.05, 0.1) is 34.1 Å². The van der Waals surface area contributed by atoms with E-state index in [9.17, 15) is 9.59 Å². The van der Waals surface area contributed by atoms with Crippen LogP contribution in [-0.4, -0.2) is 73.6 Å². The second-order valence-corrected chi connectivity index (χ2v) is 12.1. The predicted molar refractivity (Wildman–Crippen MR) is 159 cm³/mol. The molecule has 0 spiro atoms. The van der Waals surface area contributed by atoms with Gasteiger partial charge >= 0.3 is 0 Å². The maximum atomic E-state index is 13.1. The van der Waals surface area contributed by atoms with E-state index < -0.39 is 0 Å². The molecule has 2 amide bonds. The van der Waals surface area contributed by atoms with E-state index in [4.69, 9.17) is 10.1 Å². The average molecular weight is 568 g/mol. The zero-order valence-corrected chi connectivity index (χ0v) is 24.0. The van der Waals surface area contributed by atoms with Crippen molar-refractivity contribution in [3.05, 3.63) is 65.6 Å². The lowest BCUT2D eigenvalue weighted by molar-refractivity contribution is -0.132. The quantitative estimate of drug-likeness (QED) is 0.372. The maximum absolute atomic E-state index is 13.1. The van der Waals surface area contributed by atoms with Gasteiger partial charge in [-0.2, -0.15) is 5.10 Å². The molecule has 1 aliphatic carbocycles. The Morgan fingerprint density at radius 2 is 1.85 bits per heavy atom. The average Bonchev–Trinajstić information content (AvgIpc) is 3.54. The topological polar surface area (TPSA) is 96.2 Å². The summed E-state index contributed by atoms with van der Waals surface area (Å²) in [7, 11) is 0. The van der Waals surface area contributed by atoms with Gasteiger partial charge in [-0.05, 0) is 75.0 Å². The van der Waals surface area contributed by atoms with Gasteiger partial charge in [-0.1, -0.05) is 23.5 Å². The van der Waals surface area contributed by atoms with Crippen LogP contribution in [0.2, 0.25) is 0 Å². The molecular formula is C31H33N7O2S. The van der Waals surface area contributed by atoms with Crippen molar-refractivity contribution in [1.29, 1.82) is 0 Å². The minimum Gasteiger partial charge on any atom is -0.342 e. The lowest BCUT2D eigenvalue weighted by Gasteiger charge is -2.43. The van der Waals surface area contributed by atoms with Gasteiger partial charge in [0.2, 0.25) is 11.8 Å². The van der Waals surface area contributed by atoms with Gasteiger partial charge in [-0.3, -0.25) is 14.6 Å². The fourth-order valence-corrected chi connectivity index (χ4v) is 7.34. The van der Waals surface area contributed by atoms with Crippen molar-refractivity contribution in [2.45, 2.75) is 51.5 Å². The number of carbonyl (C=O) groups is 2. The predicted octanol–water partition coefficient (Wildman–Crippen LogP) is 4.35. The summed E-state index contributed by atoms with van der Waals surface area (Å²) in [6.07, 6.45) is 9.08. The Labute approximate surface area is 243 Å². The molecule has 4 aromatic rings. The molecule has 1 N–H and O–H groups in total. The number of aryl methyl sites for hydroxylation is 1. The number of hydrogen-bond acceptors (Lipinski definition) is 7. The zero-order valence-electron chi connectivity index (χ0n) is 23.2. The Balaban J connectivity index is 1.15. The second-order valence-electron chi connectivity index (χ2n) is 11.1. The van der Waals surface area contributed by atoms with Crippen LogP contribution in [0, 0.1) is 0 Å². The van der Waals surface area contributed by atoms with Crippen molar-refractivity contribution in [2.24, 2.45) is 0 Å². The number of pyridine rings is 1. The van der Waals surface area contributed by atoms with Gasteiger partial charge < -0.3 is 15.1 Å². The molecule has 2 aliphatic heterocycles. The molecule has 5 heterocycles. The van der Waals surface area contributed by atoms with Crippen molar-refractivity contribution < 1.29 is 9.59 Å². The highest BCUT2D eigenvalue weighted by Gasteiger charge is 2.31. The smallest absolute Gasteiger partial charge is 0.226 e.